The number of rotatable bonds is 4. The maximum Gasteiger partial charge on any atom is 0.163 e. The minimum Gasteiger partial charge on any atom is -0.384 e. The minimum atomic E-state index is -0.838. The second kappa shape index (κ2) is 7.86. The Labute approximate surface area is 191 Å². The SMILES string of the molecule is CC(C)=CCC[C@@H](C)[C@H]1CC[C@H]2[C@@H]3CC=C4C(C)(C)[C@@H](O)C(=O)C[C@]4(C)[C@H]3CC[C@]12C. The highest BCUT2D eigenvalue weighted by Gasteiger charge is 2.62. The Morgan fingerprint density at radius 2 is 1.87 bits per heavy atom. The molecule has 0 aromatic carbocycles. The van der Waals surface area contributed by atoms with Crippen molar-refractivity contribution in [1.29, 1.82) is 0 Å². The summed E-state index contributed by atoms with van der Waals surface area (Å²) in [6.45, 7) is 16.1. The van der Waals surface area contributed by atoms with Gasteiger partial charge < -0.3 is 5.11 Å². The molecular weight excluding hydrogens is 380 g/mol. The van der Waals surface area contributed by atoms with E-state index in [-0.39, 0.29) is 11.2 Å². The van der Waals surface area contributed by atoms with Gasteiger partial charge in [0.2, 0.25) is 0 Å². The molecule has 2 nitrogen and oxygen atoms in total. The third-order valence-electron chi connectivity index (χ3n) is 10.6. The third-order valence-corrected chi connectivity index (χ3v) is 10.6. The van der Waals surface area contributed by atoms with Gasteiger partial charge in [-0.3, -0.25) is 4.79 Å². The highest BCUT2D eigenvalue weighted by Crippen LogP contribution is 2.68. The predicted octanol–water partition coefficient (Wildman–Crippen LogP) is 7.12. The molecule has 1 N–H and O–H groups in total. The quantitative estimate of drug-likeness (QED) is 0.486. The summed E-state index contributed by atoms with van der Waals surface area (Å²) in [6.07, 6.45) is 13.6. The second-order valence-electron chi connectivity index (χ2n) is 13.0. The lowest BCUT2D eigenvalue weighted by Gasteiger charge is -2.60. The maximum atomic E-state index is 12.8. The lowest BCUT2D eigenvalue weighted by molar-refractivity contribution is -0.144. The molecule has 3 fully saturated rings. The first kappa shape index (κ1) is 23.3. The molecule has 4 rings (SSSR count). The smallest absolute Gasteiger partial charge is 0.163 e. The molecule has 4 aliphatic rings. The van der Waals surface area contributed by atoms with Crippen molar-refractivity contribution < 1.29 is 9.90 Å². The molecule has 0 spiro atoms. The number of Topliss-reactive ketones (excluding diaryl/α,β-unsaturated/α-hetero) is 1. The fourth-order valence-electron chi connectivity index (χ4n) is 9.14. The van der Waals surface area contributed by atoms with Gasteiger partial charge >= 0.3 is 0 Å². The Morgan fingerprint density at radius 3 is 2.55 bits per heavy atom. The minimum absolute atomic E-state index is 0.0583. The van der Waals surface area contributed by atoms with E-state index in [1.165, 1.54) is 49.7 Å². The first-order valence-electron chi connectivity index (χ1n) is 13.0. The Kier molecular flexibility index (Phi) is 5.90. The molecule has 0 radical (unpaired) electrons. The van der Waals surface area contributed by atoms with Gasteiger partial charge in [-0.2, -0.15) is 0 Å². The van der Waals surface area contributed by atoms with Crippen molar-refractivity contribution in [2.45, 2.75) is 106 Å². The number of hydrogen-bond acceptors (Lipinski definition) is 2. The van der Waals surface area contributed by atoms with E-state index in [1.54, 1.807) is 0 Å². The Hall–Kier alpha value is -0.890. The average Bonchev–Trinajstić information content (AvgIpc) is 3.03. The first-order chi connectivity index (χ1) is 14.4. The maximum absolute atomic E-state index is 12.8. The molecule has 0 aromatic rings. The van der Waals surface area contributed by atoms with Crippen LogP contribution < -0.4 is 0 Å². The lowest BCUT2D eigenvalue weighted by atomic mass is 9.44. The Balaban J connectivity index is 1.58. The monoisotopic (exact) mass is 426 g/mol. The molecule has 0 saturated heterocycles. The molecule has 174 valence electrons. The molecule has 0 unspecified atom stereocenters. The molecule has 0 aromatic heterocycles. The Morgan fingerprint density at radius 1 is 1.16 bits per heavy atom. The third kappa shape index (κ3) is 3.51. The van der Waals surface area contributed by atoms with Crippen molar-refractivity contribution >= 4 is 5.78 Å². The number of aliphatic hydroxyl groups excluding tert-OH is 1. The average molecular weight is 427 g/mol. The van der Waals surface area contributed by atoms with Crippen LogP contribution in [0.25, 0.3) is 0 Å². The lowest BCUT2D eigenvalue weighted by Crippen LogP contribution is -2.57. The van der Waals surface area contributed by atoms with Crippen LogP contribution in [0.15, 0.2) is 23.3 Å². The standard InChI is InChI=1S/C29H46O2/c1-18(2)9-8-10-19(3)21-12-13-22-20-11-14-25-27(4,5)26(31)24(30)17-29(25,7)23(20)15-16-28(21,22)6/h9,14,19-23,26,31H,8,10-13,15-17H2,1-7H3/t19-,20+,21-,22+,23+,26+,28-,29-/m1/s1. The van der Waals surface area contributed by atoms with Crippen LogP contribution in [0.5, 0.6) is 0 Å². The summed E-state index contributed by atoms with van der Waals surface area (Å²) in [4.78, 5) is 12.8. The van der Waals surface area contributed by atoms with Gasteiger partial charge in [-0.05, 0) is 99.2 Å². The van der Waals surface area contributed by atoms with Gasteiger partial charge in [0.15, 0.2) is 5.78 Å². The number of hydrogen-bond donors (Lipinski definition) is 1. The summed E-state index contributed by atoms with van der Waals surface area (Å²) in [6, 6.07) is 0. The van der Waals surface area contributed by atoms with Crippen molar-refractivity contribution in [3.8, 4) is 0 Å². The van der Waals surface area contributed by atoms with Crippen molar-refractivity contribution in [3.05, 3.63) is 23.3 Å². The number of aliphatic hydroxyl groups is 1. The van der Waals surface area contributed by atoms with E-state index in [4.69, 9.17) is 0 Å². The predicted molar refractivity (Wildman–Crippen MR) is 129 cm³/mol. The topological polar surface area (TPSA) is 37.3 Å². The van der Waals surface area contributed by atoms with E-state index >= 15 is 0 Å². The summed E-state index contributed by atoms with van der Waals surface area (Å²) >= 11 is 0. The molecule has 4 aliphatic carbocycles. The molecule has 8 atom stereocenters. The first-order valence-corrected chi connectivity index (χ1v) is 13.0. The molecule has 0 heterocycles. The van der Waals surface area contributed by atoms with Gasteiger partial charge in [0.25, 0.3) is 0 Å². The number of allylic oxidation sites excluding steroid dienone is 3. The van der Waals surface area contributed by atoms with Crippen LogP contribution in [-0.2, 0) is 4.79 Å². The highest BCUT2D eigenvalue weighted by atomic mass is 16.3. The van der Waals surface area contributed by atoms with Gasteiger partial charge in [-0.25, -0.2) is 0 Å². The summed E-state index contributed by atoms with van der Waals surface area (Å²) in [5.41, 5.74) is 2.80. The number of carbonyl (C=O) groups is 1. The van der Waals surface area contributed by atoms with Gasteiger partial charge in [-0.15, -0.1) is 0 Å². The zero-order valence-corrected chi connectivity index (χ0v) is 21.1. The summed E-state index contributed by atoms with van der Waals surface area (Å²) in [5.74, 6) is 3.80. The molecule has 0 aliphatic heterocycles. The van der Waals surface area contributed by atoms with E-state index in [1.807, 2.05) is 0 Å². The summed E-state index contributed by atoms with van der Waals surface area (Å²) in [7, 11) is 0. The number of fused-ring (bicyclic) bond motifs is 5. The largest absolute Gasteiger partial charge is 0.384 e. The zero-order valence-electron chi connectivity index (χ0n) is 21.1. The molecule has 3 saturated carbocycles. The van der Waals surface area contributed by atoms with Crippen LogP contribution in [0, 0.1) is 45.8 Å². The Bertz CT molecular complexity index is 785. The van der Waals surface area contributed by atoms with Gasteiger partial charge in [0.1, 0.15) is 6.10 Å². The van der Waals surface area contributed by atoms with E-state index in [0.717, 1.165) is 24.2 Å². The highest BCUT2D eigenvalue weighted by molar-refractivity contribution is 5.87. The van der Waals surface area contributed by atoms with Crippen molar-refractivity contribution in [1.82, 2.24) is 0 Å². The van der Waals surface area contributed by atoms with Crippen LogP contribution in [-0.4, -0.2) is 17.0 Å². The van der Waals surface area contributed by atoms with Crippen molar-refractivity contribution in [2.75, 3.05) is 0 Å². The summed E-state index contributed by atoms with van der Waals surface area (Å²) in [5, 5.41) is 10.7. The normalized spacial score (nSPS) is 44.6. The van der Waals surface area contributed by atoms with Crippen molar-refractivity contribution in [3.63, 3.8) is 0 Å². The second-order valence-corrected chi connectivity index (χ2v) is 13.0. The zero-order chi connectivity index (χ0) is 22.8. The van der Waals surface area contributed by atoms with E-state index in [2.05, 4.69) is 60.6 Å². The van der Waals surface area contributed by atoms with Crippen molar-refractivity contribution in [2.24, 2.45) is 45.8 Å². The van der Waals surface area contributed by atoms with E-state index < -0.39 is 11.5 Å². The van der Waals surface area contributed by atoms with Crippen LogP contribution in [0.2, 0.25) is 0 Å². The number of carbonyl (C=O) groups excluding carboxylic acids is 1. The van der Waals surface area contributed by atoms with Crippen LogP contribution in [0.1, 0.15) is 99.8 Å². The van der Waals surface area contributed by atoms with Crippen LogP contribution >= 0.6 is 0 Å². The molecule has 31 heavy (non-hydrogen) atoms. The van der Waals surface area contributed by atoms with Crippen LogP contribution in [0.4, 0.5) is 0 Å². The van der Waals surface area contributed by atoms with E-state index in [9.17, 15) is 9.90 Å². The van der Waals surface area contributed by atoms with Gasteiger partial charge in [0.05, 0.1) is 0 Å². The molecule has 0 amide bonds. The summed E-state index contributed by atoms with van der Waals surface area (Å²) < 4.78 is 0. The van der Waals surface area contributed by atoms with Gasteiger partial charge in [-0.1, -0.05) is 57.9 Å². The molecule has 2 heteroatoms. The fourth-order valence-corrected chi connectivity index (χ4v) is 9.14. The van der Waals surface area contributed by atoms with Gasteiger partial charge in [0, 0.05) is 11.8 Å². The molecule has 0 bridgehead atoms. The molecular formula is C29H46O2. The van der Waals surface area contributed by atoms with Crippen LogP contribution in [0.3, 0.4) is 0 Å². The number of ketones is 1. The fraction of sp³-hybridized carbons (Fsp3) is 0.828. The van der Waals surface area contributed by atoms with E-state index in [0.29, 0.717) is 23.7 Å².